The quantitative estimate of drug-likeness (QED) is 0.00765. The topological polar surface area (TPSA) is 519 Å². The Balaban J connectivity index is 0.000000151. The SMILES string of the molecule is CC(=O)OI1(C)(OC(C)=O)OC(=O)c2ccccc21.CCOC(=O)c1n[nH]c2c1[C@H]1CC1C2OCOC.CCOC(=O)c1nn(CC(=O)OC)c2c1[C@H]1CC1C21SCCS1.CCOC(=O)c1nn(CC(=O)OC)c2c1[C@H]1CC1C2O.CCOC(=O)c1nn(CC(=O)OC)c2c1[C@H]1CC1C2O.CCOC(=O)c1nn(CC(=O)OC)c2c1[C@H]1CC1C2OCOC.COC(=O)CBr.SCCS. The maximum atomic E-state index is 12.3. The average Bonchev–Trinajstić information content (AvgIpc) is 1.50. The third-order valence-electron chi connectivity index (χ3n) is 23.1. The number of rotatable bonds is 28. The van der Waals surface area contributed by atoms with Crippen LogP contribution in [-0.2, 0) is 139 Å². The molecular weight excluding hydrogens is 2010 g/mol. The first-order valence-electron chi connectivity index (χ1n) is 42.6. The van der Waals surface area contributed by atoms with E-state index < -0.39 is 84.2 Å². The number of ether oxygens (including phenoxy) is 14. The summed E-state index contributed by atoms with van der Waals surface area (Å²) in [4.78, 5) is 152. The minimum absolute atomic E-state index is 0.0272. The van der Waals surface area contributed by atoms with E-state index >= 15 is 0 Å². The summed E-state index contributed by atoms with van der Waals surface area (Å²) in [5.41, 5.74) is 9.94. The molecule has 0 radical (unpaired) electrons. The molecule has 18 rings (SSSR count). The number of thioether (sulfide) groups is 2. The summed E-state index contributed by atoms with van der Waals surface area (Å²) in [7, 11) is 9.74. The number of esters is 10. The molecule has 730 valence electrons. The summed E-state index contributed by atoms with van der Waals surface area (Å²) in [6.07, 6.45) is 3.20. The number of H-pyrrole nitrogens is 1. The summed E-state index contributed by atoms with van der Waals surface area (Å²) in [5, 5.41) is 44.7. The Hall–Kier alpha value is -9.25. The number of halogens is 2. The summed E-state index contributed by atoms with van der Waals surface area (Å²) in [6, 6.07) is 6.45. The van der Waals surface area contributed by atoms with Crippen molar-refractivity contribution in [3.8, 4) is 0 Å². The van der Waals surface area contributed by atoms with Gasteiger partial charge in [0, 0.05) is 53.5 Å². The van der Waals surface area contributed by atoms with Crippen molar-refractivity contribution >= 4 is 161 Å². The normalized spacial score (nSPS) is 23.7. The summed E-state index contributed by atoms with van der Waals surface area (Å²) in [6.45, 7) is 12.7. The number of carbonyl (C=O) groups is 13. The molecule has 133 heavy (non-hydrogen) atoms. The summed E-state index contributed by atoms with van der Waals surface area (Å²) in [5.74, 6) is 0.669. The minimum Gasteiger partial charge on any atom is -0.468 e. The molecule has 7 heterocycles. The molecule has 2 aliphatic heterocycles. The zero-order valence-corrected chi connectivity index (χ0v) is 83.0. The van der Waals surface area contributed by atoms with Crippen LogP contribution < -0.4 is 0 Å². The van der Waals surface area contributed by atoms with Crippen molar-refractivity contribution in [2.24, 2.45) is 29.6 Å². The van der Waals surface area contributed by atoms with E-state index in [-0.39, 0.29) is 157 Å². The smallest absolute Gasteiger partial charge is 0.359 e. The van der Waals surface area contributed by atoms with Crippen LogP contribution in [0.2, 0.25) is 0 Å². The van der Waals surface area contributed by atoms with E-state index in [1.54, 1.807) is 77.8 Å². The van der Waals surface area contributed by atoms with Crippen LogP contribution in [0.15, 0.2) is 24.3 Å². The molecule has 0 amide bonds. The van der Waals surface area contributed by atoms with Crippen LogP contribution in [0.4, 0.5) is 0 Å². The number of aliphatic hydroxyl groups excluding tert-OH is 2. The van der Waals surface area contributed by atoms with E-state index in [1.807, 2.05) is 23.5 Å². The molecule has 5 aromatic heterocycles. The van der Waals surface area contributed by atoms with Crippen molar-refractivity contribution in [2.75, 3.05) is 130 Å². The number of methoxy groups -OCH3 is 7. The Kier molecular flexibility index (Phi) is 35.4. The molecule has 1 saturated heterocycles. The molecule has 1 spiro atoms. The molecule has 48 heteroatoms. The molecule has 14 atom stereocenters. The van der Waals surface area contributed by atoms with Crippen molar-refractivity contribution < 1.29 is 148 Å². The molecule has 0 bridgehead atoms. The van der Waals surface area contributed by atoms with Gasteiger partial charge in [0.2, 0.25) is 0 Å². The Morgan fingerprint density at radius 1 is 0.496 bits per heavy atom. The molecule has 42 nitrogen and oxygen atoms in total. The van der Waals surface area contributed by atoms with E-state index in [0.717, 1.165) is 100 Å². The van der Waals surface area contributed by atoms with Crippen molar-refractivity contribution in [2.45, 2.75) is 165 Å². The Morgan fingerprint density at radius 2 is 0.865 bits per heavy atom. The third-order valence-corrected chi connectivity index (χ3v) is 36.2. The predicted molar refractivity (Wildman–Crippen MR) is 485 cm³/mol. The molecule has 10 aliphatic carbocycles. The van der Waals surface area contributed by atoms with Gasteiger partial charge < -0.3 is 76.5 Å². The maximum absolute atomic E-state index is 12.3. The molecule has 9 unspecified atom stereocenters. The van der Waals surface area contributed by atoms with Crippen molar-refractivity contribution in [3.05, 3.63) is 118 Å². The van der Waals surface area contributed by atoms with Gasteiger partial charge in [-0.1, -0.05) is 15.9 Å². The number of aromatic amines is 1. The van der Waals surface area contributed by atoms with Gasteiger partial charge in [0.1, 0.15) is 61.4 Å². The Labute approximate surface area is 794 Å². The number of aliphatic hydroxyl groups is 2. The van der Waals surface area contributed by atoms with E-state index in [4.69, 9.17) is 61.3 Å². The van der Waals surface area contributed by atoms with Gasteiger partial charge in [-0.2, -0.15) is 50.8 Å². The molecule has 12 aliphatic rings. The van der Waals surface area contributed by atoms with E-state index in [0.29, 0.717) is 69.1 Å². The van der Waals surface area contributed by atoms with Gasteiger partial charge in [-0.3, -0.25) is 47.8 Å². The van der Waals surface area contributed by atoms with Crippen LogP contribution >= 0.6 is 83.0 Å². The molecule has 6 fully saturated rings. The maximum Gasteiger partial charge on any atom is 0.359 e. The van der Waals surface area contributed by atoms with E-state index in [9.17, 15) is 72.5 Å². The molecule has 5 saturated carbocycles. The number of hydrogen-bond donors (Lipinski definition) is 5. The summed E-state index contributed by atoms with van der Waals surface area (Å²) < 4.78 is 91.5. The standard InChI is InChI=1S/C15H20N2O6.C15H18N2O4S2.2C13H16N2O5.C12H13IO6.C12H16N2O4.C3H5BrO2.C2H6S2/c1-4-22-15(19)12-11-8-5-9(8)14(23-7-20-2)13(11)17(16-12)6-10(18)21-3;1-3-21-14(19)12-11-8-6-9(8)15(22-4-5-23-15)13(11)17(16-12)7-10(18)20-2;2*1-3-20-13(18)10-9-6-4-7(6)12(17)11(9)15(14-10)5-8(16)19-2;1-8(14)17-13(3,18-9(2)15)11-7-5-4-6-10(11)12(16)19-13;1-3-17-12(15)10-8-6-4-7(6)11(18-5-16-2)9(8)13-14-10;1-6-3(5)2-4;3-1-2-4/h8-9,14H,4-7H2,1-3H3;8-9H,3-7H2,1-2H3;2*6-7,12,17H,3-5H2,1-2H3;4-7H,1-3H3;6-7,11H,3-5H2,1-2H3,(H,13,14);2H2,1H3;3-4H,1-2H2/t8-,9?,14?;8-,9?;2*6-,7?,12?;;6-,7?,11?;;/m0000.0../s1. The number of hydrogen-bond acceptors (Lipinski definition) is 41. The van der Waals surface area contributed by atoms with E-state index in [1.165, 1.54) is 68.4 Å². The van der Waals surface area contributed by atoms with Gasteiger partial charge >= 0.3 is 172 Å². The van der Waals surface area contributed by atoms with E-state index in [2.05, 4.69) is 86.0 Å². The zero-order chi connectivity index (χ0) is 97.0. The Bertz CT molecular complexity index is 5230. The molecular formula is C85H110BrIN10O32S4. The van der Waals surface area contributed by atoms with Gasteiger partial charge in [-0.05, 0) is 137 Å². The number of carbonyl (C=O) groups excluding carboxylic acids is 13. The predicted octanol–water partition coefficient (Wildman–Crippen LogP) is 8.63. The van der Waals surface area contributed by atoms with Crippen LogP contribution in [0, 0.1) is 33.2 Å². The number of aromatic nitrogens is 10. The monoisotopic (exact) mass is 2120 g/mol. The first kappa shape index (κ1) is 104. The van der Waals surface area contributed by atoms with Gasteiger partial charge in [0.15, 0.2) is 28.5 Å². The number of thiol groups is 2. The van der Waals surface area contributed by atoms with Crippen molar-refractivity contribution in [3.63, 3.8) is 0 Å². The van der Waals surface area contributed by atoms with Gasteiger partial charge in [0.05, 0.1) is 109 Å². The van der Waals surface area contributed by atoms with Crippen LogP contribution in [0.1, 0.15) is 254 Å². The first-order chi connectivity index (χ1) is 63.6. The van der Waals surface area contributed by atoms with Crippen molar-refractivity contribution in [1.29, 1.82) is 0 Å². The fourth-order valence-electron chi connectivity index (χ4n) is 17.5. The number of fused-ring (bicyclic) bond motifs is 18. The van der Waals surface area contributed by atoms with Crippen LogP contribution in [0.5, 0.6) is 0 Å². The second kappa shape index (κ2) is 45.1. The minimum atomic E-state index is -5.01. The number of nitrogens with one attached hydrogen (secondary N) is 1. The zero-order valence-electron chi connectivity index (χ0n) is 75.9. The number of benzene rings is 1. The average molecular weight is 2120 g/mol. The molecule has 3 N–H and O–H groups in total. The number of nitrogens with zero attached hydrogens (tertiary/aromatic N) is 9. The second-order valence-electron chi connectivity index (χ2n) is 31.4. The van der Waals surface area contributed by atoms with Crippen LogP contribution in [-0.4, -0.2) is 267 Å². The summed E-state index contributed by atoms with van der Waals surface area (Å²) >= 11 is 9.44. The third kappa shape index (κ3) is 22.2. The second-order valence-corrected chi connectivity index (χ2v) is 44.4. The first-order valence-corrected chi connectivity index (χ1v) is 52.8. The molecule has 6 aromatic rings. The number of alkyl halides is 2. The largest absolute Gasteiger partial charge is 0.468 e. The fraction of sp³-hybridized carbons (Fsp3) is 0.600. The Morgan fingerprint density at radius 3 is 1.27 bits per heavy atom. The van der Waals surface area contributed by atoms with Gasteiger partial charge in [-0.25, -0.2) is 24.0 Å². The van der Waals surface area contributed by atoms with Crippen LogP contribution in [0.3, 0.4) is 0 Å². The van der Waals surface area contributed by atoms with Crippen molar-refractivity contribution in [1.82, 2.24) is 49.3 Å². The van der Waals surface area contributed by atoms with Crippen LogP contribution in [0.25, 0.3) is 0 Å². The molecule has 1 aromatic carbocycles. The van der Waals surface area contributed by atoms with Gasteiger partial charge in [-0.15, -0.1) is 23.5 Å². The van der Waals surface area contributed by atoms with Gasteiger partial charge in [0.25, 0.3) is 0 Å². The fourth-order valence-corrected chi connectivity index (χ4v) is 29.2.